The third-order valence-electron chi connectivity index (χ3n) is 6.38. The Kier molecular flexibility index (Phi) is 11.6. The Labute approximate surface area is 245 Å². The molecule has 0 spiro atoms. The minimum atomic E-state index is -3.61. The van der Waals surface area contributed by atoms with Crippen LogP contribution in [0.4, 0.5) is 5.69 Å². The van der Waals surface area contributed by atoms with Crippen LogP contribution in [0.25, 0.3) is 0 Å². The normalized spacial score (nSPS) is 11.9. The summed E-state index contributed by atoms with van der Waals surface area (Å²) in [7, 11) is -2.09. The summed E-state index contributed by atoms with van der Waals surface area (Å²) in [6.45, 7) is 2.63. The predicted molar refractivity (Wildman–Crippen MR) is 162 cm³/mol. The van der Waals surface area contributed by atoms with Gasteiger partial charge in [-0.25, -0.2) is 8.42 Å². The van der Waals surface area contributed by atoms with E-state index in [0.29, 0.717) is 24.4 Å². The summed E-state index contributed by atoms with van der Waals surface area (Å²) in [6.07, 6.45) is 1.83. The van der Waals surface area contributed by atoms with Crippen LogP contribution in [-0.2, 0) is 32.6 Å². The number of halogens is 1. The highest BCUT2D eigenvalue weighted by atomic mass is 79.9. The first-order valence-electron chi connectivity index (χ1n) is 13.1. The van der Waals surface area contributed by atoms with Gasteiger partial charge in [-0.05, 0) is 48.7 Å². The Morgan fingerprint density at radius 1 is 0.975 bits per heavy atom. The molecular weight excluding hydrogens is 594 g/mol. The minimum Gasteiger partial charge on any atom is -0.497 e. The standard InChI is InChI=1S/C30H36BrN3O5S/c1-4-32-30(36)28(20-23-10-6-5-7-11-23)33(22-24-15-17-25(31)18-16-24)29(35)14-9-19-34(40(3,37)38)26-12-8-13-27(21-26)39-2/h5-8,10-13,15-18,21,28H,4,9,14,19-20,22H2,1-3H3,(H,32,36)/t28-/m1/s1. The summed E-state index contributed by atoms with van der Waals surface area (Å²) >= 11 is 3.44. The molecule has 0 aliphatic rings. The molecule has 214 valence electrons. The lowest BCUT2D eigenvalue weighted by Gasteiger charge is -2.32. The van der Waals surface area contributed by atoms with Crippen molar-refractivity contribution in [2.75, 3.05) is 30.8 Å². The van der Waals surface area contributed by atoms with Crippen molar-refractivity contribution >= 4 is 43.5 Å². The van der Waals surface area contributed by atoms with Crippen molar-refractivity contribution < 1.29 is 22.7 Å². The van der Waals surface area contributed by atoms with Crippen LogP contribution in [0.15, 0.2) is 83.3 Å². The van der Waals surface area contributed by atoms with Gasteiger partial charge in [0, 0.05) is 43.0 Å². The van der Waals surface area contributed by atoms with Gasteiger partial charge in [0.25, 0.3) is 0 Å². The van der Waals surface area contributed by atoms with Gasteiger partial charge in [0.15, 0.2) is 0 Å². The van der Waals surface area contributed by atoms with E-state index in [1.807, 2.05) is 61.5 Å². The second-order valence-electron chi connectivity index (χ2n) is 9.39. The lowest BCUT2D eigenvalue weighted by atomic mass is 10.0. The molecule has 0 fully saturated rings. The van der Waals surface area contributed by atoms with Crippen LogP contribution in [0.1, 0.15) is 30.9 Å². The molecule has 0 heterocycles. The number of benzene rings is 3. The molecule has 0 unspecified atom stereocenters. The number of amides is 2. The number of anilines is 1. The Hall–Kier alpha value is -3.37. The van der Waals surface area contributed by atoms with Gasteiger partial charge in [-0.2, -0.15) is 0 Å². The first-order chi connectivity index (χ1) is 19.1. The molecule has 0 aromatic heterocycles. The third kappa shape index (κ3) is 9.09. The lowest BCUT2D eigenvalue weighted by Crippen LogP contribution is -2.50. The Morgan fingerprint density at radius 3 is 2.30 bits per heavy atom. The fourth-order valence-corrected chi connectivity index (χ4v) is 5.62. The molecule has 0 saturated carbocycles. The van der Waals surface area contributed by atoms with Gasteiger partial charge in [-0.15, -0.1) is 0 Å². The number of likely N-dealkylation sites (N-methyl/N-ethyl adjacent to an activating group) is 1. The molecule has 1 N–H and O–H groups in total. The van der Waals surface area contributed by atoms with Crippen molar-refractivity contribution in [3.8, 4) is 5.75 Å². The second kappa shape index (κ2) is 14.9. The van der Waals surface area contributed by atoms with Crippen molar-refractivity contribution in [2.45, 2.75) is 38.8 Å². The lowest BCUT2D eigenvalue weighted by molar-refractivity contribution is -0.141. The molecule has 8 nitrogen and oxygen atoms in total. The number of nitrogens with zero attached hydrogens (tertiary/aromatic N) is 2. The van der Waals surface area contributed by atoms with Crippen molar-refractivity contribution in [1.29, 1.82) is 0 Å². The number of carbonyl (C=O) groups is 2. The van der Waals surface area contributed by atoms with E-state index in [9.17, 15) is 18.0 Å². The molecule has 3 rings (SSSR count). The number of hydrogen-bond donors (Lipinski definition) is 1. The zero-order valence-corrected chi connectivity index (χ0v) is 25.4. The van der Waals surface area contributed by atoms with Crippen LogP contribution in [-0.4, -0.2) is 57.6 Å². The van der Waals surface area contributed by atoms with E-state index in [1.165, 1.54) is 11.4 Å². The molecular formula is C30H36BrN3O5S. The first kappa shape index (κ1) is 31.2. The van der Waals surface area contributed by atoms with Gasteiger partial charge in [-0.1, -0.05) is 64.5 Å². The summed E-state index contributed by atoms with van der Waals surface area (Å²) in [5.41, 5.74) is 2.28. The molecule has 10 heteroatoms. The quantitative estimate of drug-likeness (QED) is 0.277. The number of sulfonamides is 1. The maximum atomic E-state index is 13.8. The highest BCUT2D eigenvalue weighted by Crippen LogP contribution is 2.24. The summed E-state index contributed by atoms with van der Waals surface area (Å²) in [5, 5.41) is 2.88. The van der Waals surface area contributed by atoms with E-state index in [2.05, 4.69) is 21.2 Å². The Balaban J connectivity index is 1.85. The number of nitrogens with one attached hydrogen (secondary N) is 1. The van der Waals surface area contributed by atoms with E-state index >= 15 is 0 Å². The molecule has 2 amide bonds. The number of methoxy groups -OCH3 is 1. The fourth-order valence-electron chi connectivity index (χ4n) is 4.40. The van der Waals surface area contributed by atoms with Gasteiger partial charge in [0.05, 0.1) is 19.1 Å². The fraction of sp³-hybridized carbons (Fsp3) is 0.333. The van der Waals surface area contributed by atoms with Crippen LogP contribution in [0.3, 0.4) is 0 Å². The van der Waals surface area contributed by atoms with E-state index in [-0.39, 0.29) is 37.7 Å². The van der Waals surface area contributed by atoms with Crippen molar-refractivity contribution in [3.05, 3.63) is 94.5 Å². The zero-order chi connectivity index (χ0) is 29.1. The Morgan fingerprint density at radius 2 is 1.68 bits per heavy atom. The summed E-state index contributed by atoms with van der Waals surface area (Å²) in [6, 6.07) is 23.3. The van der Waals surface area contributed by atoms with Gasteiger partial charge in [0.1, 0.15) is 11.8 Å². The van der Waals surface area contributed by atoms with Crippen molar-refractivity contribution in [2.24, 2.45) is 0 Å². The molecule has 3 aromatic rings. The molecule has 0 aliphatic carbocycles. The van der Waals surface area contributed by atoms with E-state index in [4.69, 9.17) is 4.74 Å². The highest BCUT2D eigenvalue weighted by molar-refractivity contribution is 9.10. The van der Waals surface area contributed by atoms with Crippen molar-refractivity contribution in [1.82, 2.24) is 10.2 Å². The van der Waals surface area contributed by atoms with Gasteiger partial charge < -0.3 is 15.0 Å². The van der Waals surface area contributed by atoms with E-state index in [1.54, 1.807) is 29.2 Å². The minimum absolute atomic E-state index is 0.0667. The zero-order valence-electron chi connectivity index (χ0n) is 23.0. The Bertz CT molecular complexity index is 1370. The van der Waals surface area contributed by atoms with Crippen LogP contribution in [0, 0.1) is 0 Å². The number of ether oxygens (including phenoxy) is 1. The molecule has 0 bridgehead atoms. The molecule has 1 atom stereocenters. The average molecular weight is 631 g/mol. The summed E-state index contributed by atoms with van der Waals surface area (Å²) < 4.78 is 32.7. The first-order valence-corrected chi connectivity index (χ1v) is 15.7. The molecule has 3 aromatic carbocycles. The average Bonchev–Trinajstić information content (AvgIpc) is 2.94. The highest BCUT2D eigenvalue weighted by Gasteiger charge is 2.30. The second-order valence-corrected chi connectivity index (χ2v) is 12.2. The maximum Gasteiger partial charge on any atom is 0.243 e. The number of hydrogen-bond acceptors (Lipinski definition) is 5. The summed E-state index contributed by atoms with van der Waals surface area (Å²) in [4.78, 5) is 28.7. The third-order valence-corrected chi connectivity index (χ3v) is 8.10. The summed E-state index contributed by atoms with van der Waals surface area (Å²) in [5.74, 6) is 0.0775. The molecule has 0 aliphatic heterocycles. The van der Waals surface area contributed by atoms with Gasteiger partial charge >= 0.3 is 0 Å². The number of rotatable bonds is 14. The monoisotopic (exact) mass is 629 g/mol. The van der Waals surface area contributed by atoms with Crippen LogP contribution >= 0.6 is 15.9 Å². The topological polar surface area (TPSA) is 96.0 Å². The number of carbonyl (C=O) groups excluding carboxylic acids is 2. The smallest absolute Gasteiger partial charge is 0.243 e. The molecule has 0 radical (unpaired) electrons. The predicted octanol–water partition coefficient (Wildman–Crippen LogP) is 4.78. The van der Waals surface area contributed by atoms with Crippen LogP contribution in [0.2, 0.25) is 0 Å². The van der Waals surface area contributed by atoms with Crippen LogP contribution < -0.4 is 14.4 Å². The maximum absolute atomic E-state index is 13.8. The SMILES string of the molecule is CCNC(=O)[C@@H](Cc1ccccc1)N(Cc1ccc(Br)cc1)C(=O)CCCN(c1cccc(OC)c1)S(C)(=O)=O. The van der Waals surface area contributed by atoms with Gasteiger partial charge in [-0.3, -0.25) is 13.9 Å². The van der Waals surface area contributed by atoms with Gasteiger partial charge in [0.2, 0.25) is 21.8 Å². The molecule has 40 heavy (non-hydrogen) atoms. The van der Waals surface area contributed by atoms with Crippen molar-refractivity contribution in [3.63, 3.8) is 0 Å². The van der Waals surface area contributed by atoms with E-state index < -0.39 is 16.1 Å². The largest absolute Gasteiger partial charge is 0.497 e. The molecule has 0 saturated heterocycles. The van der Waals surface area contributed by atoms with Crippen LogP contribution in [0.5, 0.6) is 5.75 Å². The van der Waals surface area contributed by atoms with E-state index in [0.717, 1.165) is 21.9 Å².